The minimum absolute atomic E-state index is 0.0457. The third kappa shape index (κ3) is 6.58. The van der Waals surface area contributed by atoms with Crippen LogP contribution in [0.2, 0.25) is 0 Å². The Kier molecular flexibility index (Phi) is 8.17. The number of nitrogens with zero attached hydrogens (tertiary/aromatic N) is 1. The lowest BCUT2D eigenvalue weighted by Gasteiger charge is -2.09. The maximum Gasteiger partial charge on any atom is 0.251 e. The predicted octanol–water partition coefficient (Wildman–Crippen LogP) is 3.41. The molecule has 2 aromatic carbocycles. The predicted molar refractivity (Wildman–Crippen MR) is 102 cm³/mol. The van der Waals surface area contributed by atoms with Gasteiger partial charge in [-0.2, -0.15) is 5.26 Å². The van der Waals surface area contributed by atoms with Crippen LogP contribution in [-0.2, 0) is 13.1 Å². The van der Waals surface area contributed by atoms with E-state index in [1.165, 1.54) is 0 Å². The van der Waals surface area contributed by atoms with Gasteiger partial charge in [0.15, 0.2) is 0 Å². The second-order valence-electron chi connectivity index (χ2n) is 5.92. The maximum atomic E-state index is 11.9. The molecule has 2 rings (SSSR count). The monoisotopic (exact) mass is 351 g/mol. The van der Waals surface area contributed by atoms with Crippen LogP contribution in [0.3, 0.4) is 0 Å². The highest BCUT2D eigenvalue weighted by molar-refractivity contribution is 5.94. The van der Waals surface area contributed by atoms with Crippen molar-refractivity contribution in [3.63, 3.8) is 0 Å². The van der Waals surface area contributed by atoms with E-state index in [0.29, 0.717) is 38.2 Å². The first kappa shape index (κ1) is 19.5. The van der Waals surface area contributed by atoms with Crippen molar-refractivity contribution in [3.05, 3.63) is 65.2 Å². The Morgan fingerprint density at radius 2 is 1.85 bits per heavy atom. The van der Waals surface area contributed by atoms with Crippen LogP contribution in [-0.4, -0.2) is 19.1 Å². The highest BCUT2D eigenvalue weighted by Gasteiger charge is 2.04. The van der Waals surface area contributed by atoms with Crippen molar-refractivity contribution in [1.82, 2.24) is 10.6 Å². The minimum atomic E-state index is -0.0457. The number of unbranched alkanes of at least 4 members (excludes halogenated alkanes) is 1. The lowest BCUT2D eigenvalue weighted by Crippen LogP contribution is -2.23. The molecule has 26 heavy (non-hydrogen) atoms. The number of amides is 1. The molecule has 5 heteroatoms. The van der Waals surface area contributed by atoms with Gasteiger partial charge in [-0.3, -0.25) is 4.79 Å². The number of hydrogen-bond donors (Lipinski definition) is 2. The first-order chi connectivity index (χ1) is 12.7. The Morgan fingerprint density at radius 1 is 1.12 bits per heavy atom. The summed E-state index contributed by atoms with van der Waals surface area (Å²) in [5.41, 5.74) is 2.87. The zero-order valence-corrected chi connectivity index (χ0v) is 15.1. The average molecular weight is 351 g/mol. The summed E-state index contributed by atoms with van der Waals surface area (Å²) in [6.07, 6.45) is 1.25. The second-order valence-corrected chi connectivity index (χ2v) is 5.92. The Bertz CT molecular complexity index is 753. The molecule has 0 aliphatic heterocycles. The number of carbonyl (C=O) groups excluding carboxylic acids is 1. The molecule has 0 unspecified atom stereocenters. The molecule has 2 N–H and O–H groups in total. The molecule has 0 atom stereocenters. The van der Waals surface area contributed by atoms with Crippen LogP contribution in [0.25, 0.3) is 0 Å². The molecular formula is C21H25N3O2. The molecule has 0 aromatic heterocycles. The summed E-state index contributed by atoms with van der Waals surface area (Å²) >= 11 is 0. The van der Waals surface area contributed by atoms with Crippen molar-refractivity contribution in [2.75, 3.05) is 13.2 Å². The van der Waals surface area contributed by atoms with Gasteiger partial charge in [-0.15, -0.1) is 0 Å². The molecule has 0 radical (unpaired) electrons. The minimum Gasteiger partial charge on any atom is -0.494 e. The Morgan fingerprint density at radius 3 is 2.58 bits per heavy atom. The van der Waals surface area contributed by atoms with Gasteiger partial charge in [0.2, 0.25) is 0 Å². The fourth-order valence-electron chi connectivity index (χ4n) is 2.52. The number of carbonyl (C=O) groups is 1. The molecule has 0 spiro atoms. The van der Waals surface area contributed by atoms with Crippen LogP contribution in [0.5, 0.6) is 5.75 Å². The van der Waals surface area contributed by atoms with E-state index in [-0.39, 0.29) is 5.91 Å². The molecule has 0 saturated heterocycles. The molecule has 2 aromatic rings. The number of nitrogens with one attached hydrogen (secondary N) is 2. The number of nitriles is 1. The molecule has 136 valence electrons. The molecule has 0 fully saturated rings. The fourth-order valence-corrected chi connectivity index (χ4v) is 2.52. The summed E-state index contributed by atoms with van der Waals surface area (Å²) in [5, 5.41) is 14.7. The molecule has 0 bridgehead atoms. The zero-order chi connectivity index (χ0) is 18.6. The Labute approximate surface area is 155 Å². The van der Waals surface area contributed by atoms with E-state index in [4.69, 9.17) is 10.00 Å². The normalized spacial score (nSPS) is 10.2. The first-order valence-electron chi connectivity index (χ1n) is 8.89. The van der Waals surface area contributed by atoms with Gasteiger partial charge in [0.25, 0.3) is 5.91 Å². The molecule has 0 heterocycles. The third-order valence-electron chi connectivity index (χ3n) is 3.78. The Hall–Kier alpha value is -2.84. The van der Waals surface area contributed by atoms with E-state index in [0.717, 1.165) is 23.3 Å². The van der Waals surface area contributed by atoms with Crippen LogP contribution in [0.4, 0.5) is 0 Å². The average Bonchev–Trinajstić information content (AvgIpc) is 2.66. The quantitative estimate of drug-likeness (QED) is 0.643. The topological polar surface area (TPSA) is 74.2 Å². The fraction of sp³-hybridized carbons (Fsp3) is 0.333. The van der Waals surface area contributed by atoms with Gasteiger partial charge >= 0.3 is 0 Å². The van der Waals surface area contributed by atoms with Gasteiger partial charge < -0.3 is 15.4 Å². The van der Waals surface area contributed by atoms with Crippen molar-refractivity contribution < 1.29 is 9.53 Å². The van der Waals surface area contributed by atoms with E-state index in [1.807, 2.05) is 55.5 Å². The van der Waals surface area contributed by atoms with Crippen molar-refractivity contribution in [1.29, 1.82) is 5.26 Å². The molecule has 0 aliphatic rings. The van der Waals surface area contributed by atoms with Gasteiger partial charge in [0.1, 0.15) is 5.75 Å². The van der Waals surface area contributed by atoms with Gasteiger partial charge in [0.05, 0.1) is 12.7 Å². The van der Waals surface area contributed by atoms with Crippen molar-refractivity contribution in [2.45, 2.75) is 32.9 Å². The van der Waals surface area contributed by atoms with Gasteiger partial charge in [-0.1, -0.05) is 24.3 Å². The van der Waals surface area contributed by atoms with Crippen LogP contribution < -0.4 is 15.4 Å². The lowest BCUT2D eigenvalue weighted by atomic mass is 10.1. The molecule has 0 saturated carbocycles. The van der Waals surface area contributed by atoms with Crippen LogP contribution in [0, 0.1) is 11.3 Å². The van der Waals surface area contributed by atoms with Crippen molar-refractivity contribution in [3.8, 4) is 11.8 Å². The zero-order valence-electron chi connectivity index (χ0n) is 15.1. The summed E-state index contributed by atoms with van der Waals surface area (Å²) in [7, 11) is 0. The van der Waals surface area contributed by atoms with E-state index >= 15 is 0 Å². The largest absolute Gasteiger partial charge is 0.494 e. The van der Waals surface area contributed by atoms with Crippen molar-refractivity contribution >= 4 is 5.91 Å². The molecular weight excluding hydrogens is 326 g/mol. The second kappa shape index (κ2) is 10.9. The summed E-state index contributed by atoms with van der Waals surface area (Å²) in [6, 6.07) is 17.7. The van der Waals surface area contributed by atoms with Gasteiger partial charge in [-0.25, -0.2) is 0 Å². The number of ether oxygens (including phenoxy) is 1. The molecule has 5 nitrogen and oxygen atoms in total. The molecule has 1 amide bonds. The highest BCUT2D eigenvalue weighted by atomic mass is 16.5. The van der Waals surface area contributed by atoms with Gasteiger partial charge in [-0.05, 0) is 48.7 Å². The SMILES string of the molecule is CCNC(=O)c1cccc(CNCc2cccc(OCCCC#N)c2)c1. The summed E-state index contributed by atoms with van der Waals surface area (Å²) < 4.78 is 5.66. The smallest absolute Gasteiger partial charge is 0.251 e. The maximum absolute atomic E-state index is 11.9. The van der Waals surface area contributed by atoms with Crippen molar-refractivity contribution in [2.24, 2.45) is 0 Å². The third-order valence-corrected chi connectivity index (χ3v) is 3.78. The van der Waals surface area contributed by atoms with Crippen LogP contribution in [0.1, 0.15) is 41.3 Å². The number of rotatable bonds is 10. The Balaban J connectivity index is 1.83. The standard InChI is InChI=1S/C21H25N3O2/c1-2-24-21(25)19-9-5-7-17(13-19)15-23-16-18-8-6-10-20(14-18)26-12-4-3-11-22/h5-10,13-14,23H,2-4,12,15-16H2,1H3,(H,24,25). The molecule has 0 aliphatic carbocycles. The lowest BCUT2D eigenvalue weighted by molar-refractivity contribution is 0.0955. The van der Waals surface area contributed by atoms with E-state index in [1.54, 1.807) is 0 Å². The van der Waals surface area contributed by atoms with E-state index in [2.05, 4.69) is 16.7 Å². The summed E-state index contributed by atoms with van der Waals surface area (Å²) in [5.74, 6) is 0.774. The summed E-state index contributed by atoms with van der Waals surface area (Å²) in [4.78, 5) is 11.9. The van der Waals surface area contributed by atoms with Crippen LogP contribution in [0.15, 0.2) is 48.5 Å². The van der Waals surface area contributed by atoms with E-state index < -0.39 is 0 Å². The summed E-state index contributed by atoms with van der Waals surface area (Å²) in [6.45, 7) is 4.47. The number of benzene rings is 2. The van der Waals surface area contributed by atoms with Gasteiger partial charge in [0, 0.05) is 31.6 Å². The first-order valence-corrected chi connectivity index (χ1v) is 8.89. The van der Waals surface area contributed by atoms with Crippen LogP contribution >= 0.6 is 0 Å². The van der Waals surface area contributed by atoms with E-state index in [9.17, 15) is 4.79 Å². The highest BCUT2D eigenvalue weighted by Crippen LogP contribution is 2.14. The number of hydrogen-bond acceptors (Lipinski definition) is 4.